The lowest BCUT2D eigenvalue weighted by Gasteiger charge is -2.12. The lowest BCUT2D eigenvalue weighted by Crippen LogP contribution is -1.99. The topological polar surface area (TPSA) is 79.3 Å². The summed E-state index contributed by atoms with van der Waals surface area (Å²) in [6.45, 7) is 0. The number of anilines is 2. The fourth-order valence-corrected chi connectivity index (χ4v) is 3.09. The molecule has 0 unspecified atom stereocenters. The molecular formula is C16H12ClFN2O3S. The van der Waals surface area contributed by atoms with Crippen molar-refractivity contribution in [1.82, 2.24) is 4.98 Å². The smallest absolute Gasteiger partial charge is 0.175 e. The van der Waals surface area contributed by atoms with E-state index in [1.807, 2.05) is 0 Å². The molecule has 0 aliphatic rings. The van der Waals surface area contributed by atoms with Gasteiger partial charge in [-0.2, -0.15) is 0 Å². The number of hydrogen-bond acceptors (Lipinski definition) is 5. The first-order valence-electron chi connectivity index (χ1n) is 6.79. The summed E-state index contributed by atoms with van der Waals surface area (Å²) in [6, 6.07) is 8.35. The van der Waals surface area contributed by atoms with E-state index in [9.17, 15) is 17.9 Å². The summed E-state index contributed by atoms with van der Waals surface area (Å²) >= 11 is 5.98. The summed E-state index contributed by atoms with van der Waals surface area (Å²) in [5.74, 6) is -1.37. The number of phenolic OH excluding ortho intramolecular Hbond substituents is 1. The molecule has 0 aliphatic carbocycles. The number of pyridine rings is 1. The van der Waals surface area contributed by atoms with Crippen LogP contribution >= 0.6 is 11.6 Å². The van der Waals surface area contributed by atoms with Crippen LogP contribution < -0.4 is 5.32 Å². The van der Waals surface area contributed by atoms with E-state index >= 15 is 0 Å². The van der Waals surface area contributed by atoms with Crippen molar-refractivity contribution in [2.24, 2.45) is 0 Å². The molecule has 2 N–H and O–H groups in total. The minimum Gasteiger partial charge on any atom is -0.505 e. The standard InChI is InChI=1S/C16H12ClFN2O3S/c1-24(22,23)9-2-3-13-10(6-9)14(4-5-19-13)20-15-8-16(21)12(18)7-11(15)17/h2-8,21H,1H3,(H,19,20). The van der Waals surface area contributed by atoms with Gasteiger partial charge in [0.25, 0.3) is 0 Å². The van der Waals surface area contributed by atoms with Gasteiger partial charge in [0, 0.05) is 29.6 Å². The number of fused-ring (bicyclic) bond motifs is 1. The van der Waals surface area contributed by atoms with Gasteiger partial charge in [0.2, 0.25) is 0 Å². The summed E-state index contributed by atoms with van der Waals surface area (Å²) < 4.78 is 36.8. The molecule has 0 amide bonds. The van der Waals surface area contributed by atoms with Gasteiger partial charge in [-0.15, -0.1) is 0 Å². The third-order valence-corrected chi connectivity index (χ3v) is 4.87. The normalized spacial score (nSPS) is 11.6. The van der Waals surface area contributed by atoms with Gasteiger partial charge in [-0.25, -0.2) is 12.8 Å². The van der Waals surface area contributed by atoms with E-state index in [4.69, 9.17) is 11.6 Å². The first kappa shape index (κ1) is 16.5. The highest BCUT2D eigenvalue weighted by Crippen LogP contribution is 2.34. The van der Waals surface area contributed by atoms with E-state index in [-0.39, 0.29) is 15.6 Å². The number of rotatable bonds is 3. The van der Waals surface area contributed by atoms with Gasteiger partial charge in [0.05, 0.1) is 21.1 Å². The quantitative estimate of drug-likeness (QED) is 0.735. The van der Waals surface area contributed by atoms with Crippen molar-refractivity contribution in [2.75, 3.05) is 11.6 Å². The molecule has 0 radical (unpaired) electrons. The molecule has 1 heterocycles. The monoisotopic (exact) mass is 366 g/mol. The van der Waals surface area contributed by atoms with Crippen LogP contribution in [0.2, 0.25) is 5.02 Å². The van der Waals surface area contributed by atoms with E-state index in [0.29, 0.717) is 16.6 Å². The van der Waals surface area contributed by atoms with Gasteiger partial charge in [-0.3, -0.25) is 4.98 Å². The van der Waals surface area contributed by atoms with E-state index in [0.717, 1.165) is 18.4 Å². The Hall–Kier alpha value is -2.38. The second-order valence-corrected chi connectivity index (χ2v) is 7.64. The van der Waals surface area contributed by atoms with Gasteiger partial charge in [0.15, 0.2) is 21.4 Å². The van der Waals surface area contributed by atoms with Gasteiger partial charge in [0.1, 0.15) is 0 Å². The fourth-order valence-electron chi connectivity index (χ4n) is 2.24. The van der Waals surface area contributed by atoms with Gasteiger partial charge in [-0.05, 0) is 30.3 Å². The average molecular weight is 367 g/mol. The van der Waals surface area contributed by atoms with Crippen LogP contribution in [-0.2, 0) is 9.84 Å². The highest BCUT2D eigenvalue weighted by Gasteiger charge is 2.12. The molecule has 0 saturated heterocycles. The maximum Gasteiger partial charge on any atom is 0.175 e. The molecule has 0 spiro atoms. The maximum absolute atomic E-state index is 13.3. The Morgan fingerprint density at radius 2 is 1.92 bits per heavy atom. The Bertz CT molecular complexity index is 1050. The summed E-state index contributed by atoms with van der Waals surface area (Å²) in [4.78, 5) is 4.34. The Balaban J connectivity index is 2.14. The number of halogens is 2. The van der Waals surface area contributed by atoms with Crippen molar-refractivity contribution < 1.29 is 17.9 Å². The summed E-state index contributed by atoms with van der Waals surface area (Å²) in [6.07, 6.45) is 2.66. The largest absolute Gasteiger partial charge is 0.505 e. The van der Waals surface area contributed by atoms with Crippen molar-refractivity contribution in [1.29, 1.82) is 0 Å². The molecule has 0 saturated carbocycles. The third kappa shape index (κ3) is 3.13. The molecular weight excluding hydrogens is 355 g/mol. The minimum absolute atomic E-state index is 0.0783. The first-order chi connectivity index (χ1) is 11.3. The first-order valence-corrected chi connectivity index (χ1v) is 9.06. The van der Waals surface area contributed by atoms with Crippen LogP contribution in [0.4, 0.5) is 15.8 Å². The molecule has 3 aromatic rings. The molecule has 124 valence electrons. The summed E-state index contributed by atoms with van der Waals surface area (Å²) in [5, 5.41) is 13.1. The van der Waals surface area contributed by atoms with Crippen molar-refractivity contribution in [3.05, 3.63) is 53.4 Å². The lowest BCUT2D eigenvalue weighted by molar-refractivity contribution is 0.433. The van der Waals surface area contributed by atoms with Crippen LogP contribution in [0.25, 0.3) is 10.9 Å². The number of phenols is 1. The zero-order valence-corrected chi connectivity index (χ0v) is 14.0. The Morgan fingerprint density at radius 3 is 2.62 bits per heavy atom. The van der Waals surface area contributed by atoms with Crippen LogP contribution in [0.15, 0.2) is 47.5 Å². The molecule has 2 aromatic carbocycles. The van der Waals surface area contributed by atoms with Gasteiger partial charge in [-0.1, -0.05) is 11.6 Å². The van der Waals surface area contributed by atoms with Crippen molar-refractivity contribution in [3.63, 3.8) is 0 Å². The zero-order valence-electron chi connectivity index (χ0n) is 12.4. The minimum atomic E-state index is -3.38. The molecule has 0 fully saturated rings. The molecule has 0 atom stereocenters. The molecule has 0 aliphatic heterocycles. The van der Waals surface area contributed by atoms with Crippen LogP contribution in [0, 0.1) is 5.82 Å². The van der Waals surface area contributed by atoms with E-state index in [2.05, 4.69) is 10.3 Å². The number of hydrogen-bond donors (Lipinski definition) is 2. The maximum atomic E-state index is 13.3. The summed E-state index contributed by atoms with van der Waals surface area (Å²) in [7, 11) is -3.38. The Labute approximate surface area is 142 Å². The van der Waals surface area contributed by atoms with Gasteiger partial charge >= 0.3 is 0 Å². The van der Waals surface area contributed by atoms with Gasteiger partial charge < -0.3 is 10.4 Å². The third-order valence-electron chi connectivity index (χ3n) is 3.45. The average Bonchev–Trinajstić information content (AvgIpc) is 2.51. The SMILES string of the molecule is CS(=O)(=O)c1ccc2nccc(Nc3cc(O)c(F)cc3Cl)c2c1. The highest BCUT2D eigenvalue weighted by molar-refractivity contribution is 7.90. The second kappa shape index (κ2) is 5.92. The zero-order chi connectivity index (χ0) is 17.5. The highest BCUT2D eigenvalue weighted by atomic mass is 35.5. The Morgan fingerprint density at radius 1 is 1.17 bits per heavy atom. The Kier molecular flexibility index (Phi) is 4.06. The molecule has 0 bridgehead atoms. The number of aromatic hydroxyl groups is 1. The fraction of sp³-hybridized carbons (Fsp3) is 0.0625. The van der Waals surface area contributed by atoms with Crippen molar-refractivity contribution >= 4 is 43.7 Å². The predicted molar refractivity (Wildman–Crippen MR) is 91.2 cm³/mol. The van der Waals surface area contributed by atoms with Crippen LogP contribution in [0.1, 0.15) is 0 Å². The molecule has 5 nitrogen and oxygen atoms in total. The molecule has 24 heavy (non-hydrogen) atoms. The van der Waals surface area contributed by atoms with Crippen LogP contribution in [0.5, 0.6) is 5.75 Å². The lowest BCUT2D eigenvalue weighted by atomic mass is 10.1. The second-order valence-electron chi connectivity index (χ2n) is 5.22. The number of aromatic nitrogens is 1. The molecule has 1 aromatic heterocycles. The van der Waals surface area contributed by atoms with Crippen LogP contribution in [0.3, 0.4) is 0 Å². The van der Waals surface area contributed by atoms with E-state index < -0.39 is 21.4 Å². The molecule has 3 rings (SSSR count). The number of sulfone groups is 1. The van der Waals surface area contributed by atoms with E-state index in [1.165, 1.54) is 12.1 Å². The summed E-state index contributed by atoms with van der Waals surface area (Å²) in [5.41, 5.74) is 1.39. The van der Waals surface area contributed by atoms with Crippen molar-refractivity contribution in [3.8, 4) is 5.75 Å². The number of benzene rings is 2. The molecule has 8 heteroatoms. The van der Waals surface area contributed by atoms with Crippen LogP contribution in [-0.4, -0.2) is 24.8 Å². The predicted octanol–water partition coefficient (Wildman–Crippen LogP) is 3.88. The van der Waals surface area contributed by atoms with Crippen molar-refractivity contribution in [2.45, 2.75) is 4.90 Å². The number of nitrogens with zero attached hydrogens (tertiary/aromatic N) is 1. The number of nitrogens with one attached hydrogen (secondary N) is 1. The van der Waals surface area contributed by atoms with E-state index in [1.54, 1.807) is 18.3 Å².